The normalized spacial score (nSPS) is 15.7. The number of aliphatic hydroxyl groups excluding tert-OH is 1. The van der Waals surface area contributed by atoms with Crippen molar-refractivity contribution in [3.63, 3.8) is 0 Å². The third-order valence-corrected chi connectivity index (χ3v) is 3.92. The van der Waals surface area contributed by atoms with Gasteiger partial charge in [0.05, 0.1) is 0 Å². The van der Waals surface area contributed by atoms with E-state index in [1.807, 2.05) is 6.07 Å². The van der Waals surface area contributed by atoms with Crippen LogP contribution in [0.2, 0.25) is 5.02 Å². The summed E-state index contributed by atoms with van der Waals surface area (Å²) in [6, 6.07) is 4.14. The first-order valence-corrected chi connectivity index (χ1v) is 6.68. The molecule has 4 heteroatoms. The lowest BCUT2D eigenvalue weighted by atomic mass is 9.94. The standard InChI is InChI=1S/C14H20ClNO.ClH/c1-16-8-6-12-11(3-2-10-17)4-5-14(15)13(12)7-9-16;/h4-5,17H,2-3,6-10H2,1H3;1H. The number of rotatable bonds is 3. The minimum Gasteiger partial charge on any atom is -0.396 e. The van der Waals surface area contributed by atoms with E-state index in [1.54, 1.807) is 0 Å². The second-order valence-electron chi connectivity index (χ2n) is 4.79. The van der Waals surface area contributed by atoms with Gasteiger partial charge in [0.1, 0.15) is 0 Å². The molecule has 1 aromatic carbocycles. The topological polar surface area (TPSA) is 23.5 Å². The Morgan fingerprint density at radius 3 is 2.56 bits per heavy atom. The van der Waals surface area contributed by atoms with E-state index in [0.717, 1.165) is 43.8 Å². The van der Waals surface area contributed by atoms with E-state index in [1.165, 1.54) is 16.7 Å². The molecular weight excluding hydrogens is 269 g/mol. The largest absolute Gasteiger partial charge is 0.396 e. The highest BCUT2D eigenvalue weighted by atomic mass is 35.5. The maximum Gasteiger partial charge on any atom is 0.0441 e. The van der Waals surface area contributed by atoms with Crippen molar-refractivity contribution in [1.82, 2.24) is 4.90 Å². The molecule has 1 aromatic rings. The summed E-state index contributed by atoms with van der Waals surface area (Å²) in [5.74, 6) is 0. The predicted molar refractivity (Wildman–Crippen MR) is 79.0 cm³/mol. The van der Waals surface area contributed by atoms with Gasteiger partial charge < -0.3 is 10.0 Å². The van der Waals surface area contributed by atoms with Crippen LogP contribution >= 0.6 is 24.0 Å². The van der Waals surface area contributed by atoms with Crippen LogP contribution in [0.25, 0.3) is 0 Å². The van der Waals surface area contributed by atoms with Gasteiger partial charge in [-0.3, -0.25) is 0 Å². The molecule has 1 heterocycles. The molecule has 1 aliphatic rings. The molecule has 0 spiro atoms. The third kappa shape index (κ3) is 3.61. The Bertz CT molecular complexity index is 396. The smallest absolute Gasteiger partial charge is 0.0441 e. The zero-order chi connectivity index (χ0) is 12.3. The number of likely N-dealkylation sites (N-methyl/N-ethyl adjacent to an activating group) is 1. The number of fused-ring (bicyclic) bond motifs is 1. The summed E-state index contributed by atoms with van der Waals surface area (Å²) in [5.41, 5.74) is 4.12. The van der Waals surface area contributed by atoms with Gasteiger partial charge in [-0.15, -0.1) is 12.4 Å². The zero-order valence-corrected chi connectivity index (χ0v) is 12.4. The summed E-state index contributed by atoms with van der Waals surface area (Å²) in [5, 5.41) is 9.86. The fourth-order valence-corrected chi connectivity index (χ4v) is 2.79. The van der Waals surface area contributed by atoms with Crippen molar-refractivity contribution in [2.24, 2.45) is 0 Å². The van der Waals surface area contributed by atoms with Gasteiger partial charge >= 0.3 is 0 Å². The minimum atomic E-state index is 0. The quantitative estimate of drug-likeness (QED) is 0.925. The lowest BCUT2D eigenvalue weighted by Gasteiger charge is -2.13. The Morgan fingerprint density at radius 1 is 1.22 bits per heavy atom. The van der Waals surface area contributed by atoms with Gasteiger partial charge in [0.2, 0.25) is 0 Å². The number of hydrogen-bond acceptors (Lipinski definition) is 2. The molecule has 2 rings (SSSR count). The predicted octanol–water partition coefficient (Wildman–Crippen LogP) is 2.72. The molecule has 2 nitrogen and oxygen atoms in total. The summed E-state index contributed by atoms with van der Waals surface area (Å²) >= 11 is 6.30. The highest BCUT2D eigenvalue weighted by molar-refractivity contribution is 6.31. The molecule has 1 aliphatic heterocycles. The summed E-state index contributed by atoms with van der Waals surface area (Å²) in [6.07, 6.45) is 3.91. The van der Waals surface area contributed by atoms with Crippen LogP contribution in [-0.2, 0) is 19.3 Å². The van der Waals surface area contributed by atoms with E-state index in [-0.39, 0.29) is 19.0 Å². The number of aryl methyl sites for hydroxylation is 1. The summed E-state index contributed by atoms with van der Waals surface area (Å²) in [6.45, 7) is 2.44. The van der Waals surface area contributed by atoms with E-state index in [9.17, 15) is 0 Å². The monoisotopic (exact) mass is 289 g/mol. The molecule has 18 heavy (non-hydrogen) atoms. The van der Waals surface area contributed by atoms with Crippen LogP contribution in [0.5, 0.6) is 0 Å². The molecule has 0 radical (unpaired) electrons. The van der Waals surface area contributed by atoms with Gasteiger partial charge in [0.15, 0.2) is 0 Å². The molecular formula is C14H21Cl2NO. The molecule has 0 atom stereocenters. The molecule has 0 saturated heterocycles. The molecule has 0 aliphatic carbocycles. The molecule has 0 amide bonds. The van der Waals surface area contributed by atoms with Crippen molar-refractivity contribution in [3.05, 3.63) is 33.8 Å². The average molecular weight is 290 g/mol. The fourth-order valence-electron chi connectivity index (χ4n) is 2.52. The van der Waals surface area contributed by atoms with Crippen LogP contribution in [0.15, 0.2) is 12.1 Å². The number of aliphatic hydroxyl groups is 1. The number of halogens is 2. The van der Waals surface area contributed by atoms with Crippen molar-refractivity contribution in [1.29, 1.82) is 0 Å². The summed E-state index contributed by atoms with van der Waals surface area (Å²) in [4.78, 5) is 2.35. The maximum absolute atomic E-state index is 8.95. The van der Waals surface area contributed by atoms with E-state index >= 15 is 0 Å². The second-order valence-corrected chi connectivity index (χ2v) is 5.20. The Labute approximate surface area is 120 Å². The Morgan fingerprint density at radius 2 is 1.89 bits per heavy atom. The second kappa shape index (κ2) is 7.34. The Hall–Kier alpha value is -0.280. The molecule has 102 valence electrons. The molecule has 0 fully saturated rings. The van der Waals surface area contributed by atoms with Gasteiger partial charge in [-0.25, -0.2) is 0 Å². The molecule has 0 unspecified atom stereocenters. The van der Waals surface area contributed by atoms with E-state index in [0.29, 0.717) is 0 Å². The highest BCUT2D eigenvalue weighted by Crippen LogP contribution is 2.27. The highest BCUT2D eigenvalue weighted by Gasteiger charge is 2.16. The lowest BCUT2D eigenvalue weighted by molar-refractivity contribution is 0.288. The molecule has 0 saturated carbocycles. The van der Waals surface area contributed by atoms with Crippen molar-refractivity contribution in [2.75, 3.05) is 26.7 Å². The Balaban J connectivity index is 0.00000162. The van der Waals surface area contributed by atoms with Crippen LogP contribution in [-0.4, -0.2) is 36.8 Å². The third-order valence-electron chi connectivity index (χ3n) is 3.56. The lowest BCUT2D eigenvalue weighted by Crippen LogP contribution is -2.20. The fraction of sp³-hybridized carbons (Fsp3) is 0.571. The van der Waals surface area contributed by atoms with Crippen LogP contribution in [0.4, 0.5) is 0 Å². The van der Waals surface area contributed by atoms with Crippen molar-refractivity contribution >= 4 is 24.0 Å². The van der Waals surface area contributed by atoms with Gasteiger partial charge in [0.25, 0.3) is 0 Å². The van der Waals surface area contributed by atoms with Gasteiger partial charge in [0, 0.05) is 24.7 Å². The maximum atomic E-state index is 8.95. The van der Waals surface area contributed by atoms with Crippen molar-refractivity contribution in [3.8, 4) is 0 Å². The van der Waals surface area contributed by atoms with Crippen LogP contribution in [0.3, 0.4) is 0 Å². The van der Waals surface area contributed by atoms with Crippen LogP contribution in [0, 0.1) is 0 Å². The van der Waals surface area contributed by atoms with E-state index in [2.05, 4.69) is 18.0 Å². The zero-order valence-electron chi connectivity index (χ0n) is 10.8. The van der Waals surface area contributed by atoms with Crippen molar-refractivity contribution in [2.45, 2.75) is 25.7 Å². The minimum absolute atomic E-state index is 0. The first-order chi connectivity index (χ1) is 8.22. The van der Waals surface area contributed by atoms with E-state index in [4.69, 9.17) is 16.7 Å². The molecule has 0 aromatic heterocycles. The van der Waals surface area contributed by atoms with E-state index < -0.39 is 0 Å². The summed E-state index contributed by atoms with van der Waals surface area (Å²) < 4.78 is 0. The van der Waals surface area contributed by atoms with Gasteiger partial charge in [-0.2, -0.15) is 0 Å². The number of hydrogen-bond donors (Lipinski definition) is 1. The van der Waals surface area contributed by atoms with Crippen molar-refractivity contribution < 1.29 is 5.11 Å². The average Bonchev–Trinajstić information content (AvgIpc) is 2.52. The van der Waals surface area contributed by atoms with Crippen LogP contribution in [0.1, 0.15) is 23.1 Å². The van der Waals surface area contributed by atoms with Crippen LogP contribution < -0.4 is 0 Å². The van der Waals surface area contributed by atoms with Gasteiger partial charge in [-0.05, 0) is 55.5 Å². The van der Waals surface area contributed by atoms with Gasteiger partial charge in [-0.1, -0.05) is 17.7 Å². The number of benzene rings is 1. The first-order valence-electron chi connectivity index (χ1n) is 6.31. The molecule has 0 bridgehead atoms. The first kappa shape index (κ1) is 15.8. The Kier molecular flexibility index (Phi) is 6.44. The molecule has 1 N–H and O–H groups in total. The number of nitrogens with zero attached hydrogens (tertiary/aromatic N) is 1. The summed E-state index contributed by atoms with van der Waals surface area (Å²) in [7, 11) is 2.16. The SMILES string of the molecule is CN1CCc2c(Cl)ccc(CCCO)c2CC1.Cl.